The molecule has 1 aromatic heterocycles. The van der Waals surface area contributed by atoms with Gasteiger partial charge in [-0.2, -0.15) is 0 Å². The van der Waals surface area contributed by atoms with Crippen LogP contribution in [0.3, 0.4) is 0 Å². The highest BCUT2D eigenvalue weighted by atomic mass is 16.5. The van der Waals surface area contributed by atoms with Crippen molar-refractivity contribution in [1.29, 1.82) is 0 Å². The van der Waals surface area contributed by atoms with Gasteiger partial charge in [-0.05, 0) is 18.2 Å². The van der Waals surface area contributed by atoms with E-state index in [1.807, 2.05) is 48.5 Å². The Hall–Kier alpha value is -2.75. The summed E-state index contributed by atoms with van der Waals surface area (Å²) in [4.78, 5) is 12.2. The zero-order valence-electron chi connectivity index (χ0n) is 11.6. The van der Waals surface area contributed by atoms with E-state index in [1.165, 1.54) is 0 Å². The molecule has 0 spiro atoms. The van der Waals surface area contributed by atoms with Crippen molar-refractivity contribution in [1.82, 2.24) is 0 Å². The average molecular weight is 281 g/mol. The van der Waals surface area contributed by atoms with Crippen LogP contribution in [0, 0.1) is 0 Å². The molecule has 1 N–H and O–H groups in total. The minimum atomic E-state index is -0.106. The van der Waals surface area contributed by atoms with Crippen molar-refractivity contribution in [3.63, 3.8) is 0 Å². The van der Waals surface area contributed by atoms with Gasteiger partial charge in [0, 0.05) is 10.9 Å². The van der Waals surface area contributed by atoms with Crippen LogP contribution >= 0.6 is 0 Å². The second-order valence-electron chi connectivity index (χ2n) is 4.68. The van der Waals surface area contributed by atoms with Crippen LogP contribution in [0.5, 0.6) is 5.75 Å². The highest BCUT2D eigenvalue weighted by Gasteiger charge is 2.11. The van der Waals surface area contributed by atoms with Gasteiger partial charge in [-0.25, -0.2) is 0 Å². The van der Waals surface area contributed by atoms with Gasteiger partial charge in [0.05, 0.1) is 25.5 Å². The molecule has 0 saturated carbocycles. The molecule has 0 radical (unpaired) electrons. The predicted molar refractivity (Wildman–Crippen MR) is 81.5 cm³/mol. The molecule has 0 aliphatic rings. The quantitative estimate of drug-likeness (QED) is 0.794. The fourth-order valence-corrected chi connectivity index (χ4v) is 2.28. The van der Waals surface area contributed by atoms with E-state index in [2.05, 4.69) is 5.32 Å². The summed E-state index contributed by atoms with van der Waals surface area (Å²) in [5, 5.41) is 3.82. The van der Waals surface area contributed by atoms with Crippen molar-refractivity contribution >= 4 is 22.6 Å². The van der Waals surface area contributed by atoms with Crippen molar-refractivity contribution in [2.24, 2.45) is 0 Å². The number of para-hydroxylation sites is 3. The molecule has 0 aliphatic carbocycles. The lowest BCUT2D eigenvalue weighted by Gasteiger charge is -2.09. The maximum absolute atomic E-state index is 12.2. The summed E-state index contributed by atoms with van der Waals surface area (Å²) in [5.74, 6) is 0.536. The van der Waals surface area contributed by atoms with Gasteiger partial charge in [-0.3, -0.25) is 4.79 Å². The normalized spacial score (nSPS) is 10.5. The molecular weight excluding hydrogens is 266 g/mol. The van der Waals surface area contributed by atoms with Crippen molar-refractivity contribution in [2.75, 3.05) is 12.4 Å². The summed E-state index contributed by atoms with van der Waals surface area (Å²) in [6.45, 7) is 0. The molecule has 0 unspecified atom stereocenters. The third kappa shape index (κ3) is 2.74. The summed E-state index contributed by atoms with van der Waals surface area (Å²) in [5.41, 5.74) is 2.33. The second kappa shape index (κ2) is 5.71. The molecule has 0 aliphatic heterocycles. The minimum absolute atomic E-state index is 0.106. The van der Waals surface area contributed by atoms with Crippen LogP contribution in [0.15, 0.2) is 59.2 Å². The van der Waals surface area contributed by atoms with Crippen molar-refractivity contribution in [3.05, 3.63) is 60.4 Å². The van der Waals surface area contributed by atoms with Gasteiger partial charge in [0.25, 0.3) is 0 Å². The van der Waals surface area contributed by atoms with Crippen molar-refractivity contribution < 1.29 is 13.9 Å². The van der Waals surface area contributed by atoms with E-state index in [1.54, 1.807) is 13.4 Å². The van der Waals surface area contributed by atoms with Gasteiger partial charge < -0.3 is 14.5 Å². The number of fused-ring (bicyclic) bond motifs is 1. The summed E-state index contributed by atoms with van der Waals surface area (Å²) in [7, 11) is 1.58. The highest BCUT2D eigenvalue weighted by Crippen LogP contribution is 2.24. The van der Waals surface area contributed by atoms with Crippen molar-refractivity contribution in [3.8, 4) is 5.75 Å². The third-order valence-electron chi connectivity index (χ3n) is 3.29. The number of rotatable bonds is 4. The third-order valence-corrected chi connectivity index (χ3v) is 3.29. The lowest BCUT2D eigenvalue weighted by atomic mass is 10.1. The standard InChI is InChI=1S/C17H15NO3/c1-20-16-9-5-3-7-14(16)18-17(19)10-12-11-21-15-8-4-2-6-13(12)15/h2-9,11H,10H2,1H3,(H,18,19). The maximum atomic E-state index is 12.2. The van der Waals surface area contributed by atoms with Crippen LogP contribution in [0.1, 0.15) is 5.56 Å². The first-order valence-electron chi connectivity index (χ1n) is 6.66. The van der Waals surface area contributed by atoms with E-state index in [9.17, 15) is 4.79 Å². The Labute approximate surface area is 122 Å². The van der Waals surface area contributed by atoms with E-state index < -0.39 is 0 Å². The van der Waals surface area contributed by atoms with E-state index in [0.717, 1.165) is 16.5 Å². The fourth-order valence-electron chi connectivity index (χ4n) is 2.28. The average Bonchev–Trinajstić information content (AvgIpc) is 2.91. The molecule has 0 saturated heterocycles. The zero-order chi connectivity index (χ0) is 14.7. The number of ether oxygens (including phenoxy) is 1. The van der Waals surface area contributed by atoms with Gasteiger partial charge in [0.15, 0.2) is 0 Å². The number of carbonyl (C=O) groups is 1. The van der Waals surface area contributed by atoms with Crippen LogP contribution in [0.4, 0.5) is 5.69 Å². The highest BCUT2D eigenvalue weighted by molar-refractivity contribution is 5.96. The smallest absolute Gasteiger partial charge is 0.229 e. The van der Waals surface area contributed by atoms with Gasteiger partial charge >= 0.3 is 0 Å². The minimum Gasteiger partial charge on any atom is -0.495 e. The Morgan fingerprint density at radius 1 is 1.14 bits per heavy atom. The number of amides is 1. The Bertz CT molecular complexity index is 776. The zero-order valence-corrected chi connectivity index (χ0v) is 11.6. The molecule has 1 heterocycles. The molecule has 3 aromatic rings. The van der Waals surface area contributed by atoms with Gasteiger partial charge in [0.2, 0.25) is 5.91 Å². The largest absolute Gasteiger partial charge is 0.495 e. The first kappa shape index (κ1) is 13.2. The molecule has 0 fully saturated rings. The Morgan fingerprint density at radius 2 is 1.90 bits per heavy atom. The van der Waals surface area contributed by atoms with Crippen LogP contribution in [-0.4, -0.2) is 13.0 Å². The number of furan rings is 1. The molecule has 2 aromatic carbocycles. The van der Waals surface area contributed by atoms with Gasteiger partial charge in [0.1, 0.15) is 11.3 Å². The molecule has 1 amide bonds. The summed E-state index contributed by atoms with van der Waals surface area (Å²) >= 11 is 0. The molecule has 3 rings (SSSR count). The number of anilines is 1. The first-order chi connectivity index (χ1) is 10.3. The Kier molecular flexibility index (Phi) is 3.60. The number of methoxy groups -OCH3 is 1. The van der Waals surface area contributed by atoms with Crippen LogP contribution < -0.4 is 10.1 Å². The lowest BCUT2D eigenvalue weighted by molar-refractivity contribution is -0.115. The van der Waals surface area contributed by atoms with Crippen LogP contribution in [-0.2, 0) is 11.2 Å². The van der Waals surface area contributed by atoms with Crippen LogP contribution in [0.2, 0.25) is 0 Å². The summed E-state index contributed by atoms with van der Waals surface area (Å²) in [6.07, 6.45) is 1.89. The Balaban J connectivity index is 1.77. The predicted octanol–water partition coefficient (Wildman–Crippen LogP) is 3.62. The second-order valence-corrected chi connectivity index (χ2v) is 4.68. The first-order valence-corrected chi connectivity index (χ1v) is 6.66. The molecule has 4 heteroatoms. The van der Waals surface area contributed by atoms with E-state index >= 15 is 0 Å². The van der Waals surface area contributed by atoms with Crippen molar-refractivity contribution in [2.45, 2.75) is 6.42 Å². The fraction of sp³-hybridized carbons (Fsp3) is 0.118. The molecule has 106 valence electrons. The maximum Gasteiger partial charge on any atom is 0.229 e. The van der Waals surface area contributed by atoms with E-state index in [-0.39, 0.29) is 12.3 Å². The summed E-state index contributed by atoms with van der Waals surface area (Å²) < 4.78 is 10.7. The van der Waals surface area contributed by atoms with Gasteiger partial charge in [-0.1, -0.05) is 30.3 Å². The SMILES string of the molecule is COc1ccccc1NC(=O)Cc1coc2ccccc12. The van der Waals surface area contributed by atoms with Gasteiger partial charge in [-0.15, -0.1) is 0 Å². The Morgan fingerprint density at radius 3 is 2.76 bits per heavy atom. The molecular formula is C17H15NO3. The molecule has 0 atom stereocenters. The number of hydrogen-bond donors (Lipinski definition) is 1. The molecule has 0 bridgehead atoms. The topological polar surface area (TPSA) is 51.5 Å². The van der Waals surface area contributed by atoms with E-state index in [0.29, 0.717) is 11.4 Å². The number of nitrogens with one attached hydrogen (secondary N) is 1. The van der Waals surface area contributed by atoms with Crippen LogP contribution in [0.25, 0.3) is 11.0 Å². The number of carbonyl (C=O) groups excluding carboxylic acids is 1. The molecule has 21 heavy (non-hydrogen) atoms. The summed E-state index contributed by atoms with van der Waals surface area (Å²) in [6, 6.07) is 15.0. The lowest BCUT2D eigenvalue weighted by Crippen LogP contribution is -2.14. The van der Waals surface area contributed by atoms with E-state index in [4.69, 9.17) is 9.15 Å². The monoisotopic (exact) mass is 281 g/mol. The number of benzene rings is 2. The number of hydrogen-bond acceptors (Lipinski definition) is 3. The molecule has 4 nitrogen and oxygen atoms in total.